The molecule has 1 atom stereocenters. The van der Waals surface area contributed by atoms with Crippen molar-refractivity contribution in [3.63, 3.8) is 0 Å². The first-order chi connectivity index (χ1) is 11.2. The van der Waals surface area contributed by atoms with E-state index in [2.05, 4.69) is 10.6 Å². The first-order valence-corrected chi connectivity index (χ1v) is 8.68. The molecule has 1 heterocycles. The third-order valence-corrected chi connectivity index (χ3v) is 4.69. The van der Waals surface area contributed by atoms with Gasteiger partial charge in [-0.1, -0.05) is 25.3 Å². The molecule has 1 amide bonds. The third kappa shape index (κ3) is 4.45. The summed E-state index contributed by atoms with van der Waals surface area (Å²) in [5.41, 5.74) is 1.85. The van der Waals surface area contributed by atoms with Crippen LogP contribution in [0.5, 0.6) is 5.75 Å². The Kier molecular flexibility index (Phi) is 5.51. The Morgan fingerprint density at radius 1 is 1.26 bits per heavy atom. The quantitative estimate of drug-likeness (QED) is 0.752. The van der Waals surface area contributed by atoms with Crippen molar-refractivity contribution in [3.05, 3.63) is 23.8 Å². The van der Waals surface area contributed by atoms with E-state index in [-0.39, 0.29) is 12.5 Å². The van der Waals surface area contributed by atoms with E-state index in [0.29, 0.717) is 25.4 Å². The van der Waals surface area contributed by atoms with Gasteiger partial charge in [0.15, 0.2) is 0 Å². The third-order valence-electron chi connectivity index (χ3n) is 4.69. The fraction of sp³-hybridized carbons (Fsp3) is 0.611. The van der Waals surface area contributed by atoms with Crippen molar-refractivity contribution in [1.82, 2.24) is 5.32 Å². The van der Waals surface area contributed by atoms with Gasteiger partial charge in [0.05, 0.1) is 0 Å². The highest BCUT2D eigenvalue weighted by atomic mass is 16.5. The van der Waals surface area contributed by atoms with Crippen molar-refractivity contribution in [2.45, 2.75) is 57.1 Å². The molecule has 23 heavy (non-hydrogen) atoms. The van der Waals surface area contributed by atoms with Gasteiger partial charge in [0, 0.05) is 30.3 Å². The van der Waals surface area contributed by atoms with Gasteiger partial charge in [-0.05, 0) is 31.4 Å². The van der Waals surface area contributed by atoms with Gasteiger partial charge < -0.3 is 20.5 Å². The molecule has 1 aliphatic carbocycles. The predicted molar refractivity (Wildman–Crippen MR) is 89.8 cm³/mol. The van der Waals surface area contributed by atoms with E-state index in [1.165, 1.54) is 32.1 Å². The molecule has 5 nitrogen and oxygen atoms in total. The number of amides is 1. The number of hydrogen-bond donors (Lipinski definition) is 3. The van der Waals surface area contributed by atoms with Gasteiger partial charge in [-0.2, -0.15) is 0 Å². The van der Waals surface area contributed by atoms with Crippen LogP contribution in [0.1, 0.15) is 44.1 Å². The molecule has 3 rings (SSSR count). The Balaban J connectivity index is 1.48. The van der Waals surface area contributed by atoms with Gasteiger partial charge in [-0.3, -0.25) is 4.79 Å². The van der Waals surface area contributed by atoms with Crippen LogP contribution < -0.4 is 15.4 Å². The van der Waals surface area contributed by atoms with Gasteiger partial charge >= 0.3 is 0 Å². The van der Waals surface area contributed by atoms with E-state index < -0.39 is 6.10 Å². The summed E-state index contributed by atoms with van der Waals surface area (Å²) in [5.74, 6) is 0.811. The van der Waals surface area contributed by atoms with Gasteiger partial charge in [-0.25, -0.2) is 0 Å². The lowest BCUT2D eigenvalue weighted by Gasteiger charge is -2.25. The Morgan fingerprint density at radius 3 is 2.91 bits per heavy atom. The summed E-state index contributed by atoms with van der Waals surface area (Å²) >= 11 is 0. The molecule has 0 radical (unpaired) electrons. The summed E-state index contributed by atoms with van der Waals surface area (Å²) < 4.78 is 5.80. The fourth-order valence-corrected chi connectivity index (χ4v) is 3.38. The first-order valence-electron chi connectivity index (χ1n) is 8.68. The van der Waals surface area contributed by atoms with Crippen LogP contribution in [0.25, 0.3) is 0 Å². The molecule has 1 unspecified atom stereocenters. The largest absolute Gasteiger partial charge is 0.490 e. The molecule has 1 aliphatic heterocycles. The molecule has 1 aromatic rings. The predicted octanol–water partition coefficient (Wildman–Crippen LogP) is 2.23. The molecular formula is C18H26N2O3. The molecule has 1 fully saturated rings. The summed E-state index contributed by atoms with van der Waals surface area (Å²) in [6, 6.07) is 6.20. The number of ether oxygens (including phenoxy) is 1. The van der Waals surface area contributed by atoms with Crippen LogP contribution in [0.2, 0.25) is 0 Å². The minimum atomic E-state index is -0.522. The van der Waals surface area contributed by atoms with Crippen LogP contribution in [-0.4, -0.2) is 36.3 Å². The Labute approximate surface area is 137 Å². The Hall–Kier alpha value is -1.59. The average molecular weight is 318 g/mol. The van der Waals surface area contributed by atoms with Crippen LogP contribution in [0.15, 0.2) is 18.2 Å². The van der Waals surface area contributed by atoms with Gasteiger partial charge in [0.2, 0.25) is 5.91 Å². The number of rotatable bonds is 6. The molecule has 2 aliphatic rings. The standard InChI is InChI=1S/C18H26N2O3/c21-14(11-19-13-5-2-1-3-6-13)12-23-17-8-4-7-16-15(17)9-10-18(22)20-16/h4,7-8,13-14,19,21H,1-3,5-6,9-12H2,(H,20,22). The highest BCUT2D eigenvalue weighted by molar-refractivity contribution is 5.94. The number of fused-ring (bicyclic) bond motifs is 1. The van der Waals surface area contributed by atoms with Crippen molar-refractivity contribution in [2.75, 3.05) is 18.5 Å². The van der Waals surface area contributed by atoms with Crippen LogP contribution in [-0.2, 0) is 11.2 Å². The van der Waals surface area contributed by atoms with E-state index in [0.717, 1.165) is 17.0 Å². The molecule has 1 aromatic carbocycles. The highest BCUT2D eigenvalue weighted by Gasteiger charge is 2.19. The molecule has 0 saturated heterocycles. The fourth-order valence-electron chi connectivity index (χ4n) is 3.38. The van der Waals surface area contributed by atoms with Crippen molar-refractivity contribution >= 4 is 11.6 Å². The minimum absolute atomic E-state index is 0.0476. The number of aliphatic hydroxyl groups excluding tert-OH is 1. The second-order valence-corrected chi connectivity index (χ2v) is 6.54. The zero-order chi connectivity index (χ0) is 16.1. The summed E-state index contributed by atoms with van der Waals surface area (Å²) in [6.07, 6.45) is 6.97. The van der Waals surface area contributed by atoms with Crippen molar-refractivity contribution in [1.29, 1.82) is 0 Å². The lowest BCUT2D eigenvalue weighted by Crippen LogP contribution is -2.39. The van der Waals surface area contributed by atoms with Gasteiger partial charge in [-0.15, -0.1) is 0 Å². The van der Waals surface area contributed by atoms with E-state index in [1.807, 2.05) is 18.2 Å². The van der Waals surface area contributed by atoms with E-state index in [4.69, 9.17) is 4.74 Å². The summed E-state index contributed by atoms with van der Waals surface area (Å²) in [4.78, 5) is 11.4. The molecular weight excluding hydrogens is 292 g/mol. The van der Waals surface area contributed by atoms with Crippen LogP contribution in [0.4, 0.5) is 5.69 Å². The van der Waals surface area contributed by atoms with Crippen LogP contribution in [0, 0.1) is 0 Å². The minimum Gasteiger partial charge on any atom is -0.490 e. The molecule has 3 N–H and O–H groups in total. The zero-order valence-electron chi connectivity index (χ0n) is 13.5. The van der Waals surface area contributed by atoms with E-state index in [9.17, 15) is 9.90 Å². The summed E-state index contributed by atoms with van der Waals surface area (Å²) in [5, 5.41) is 16.4. The van der Waals surface area contributed by atoms with Crippen molar-refractivity contribution in [2.24, 2.45) is 0 Å². The smallest absolute Gasteiger partial charge is 0.224 e. The molecule has 1 saturated carbocycles. The molecule has 0 bridgehead atoms. The van der Waals surface area contributed by atoms with E-state index in [1.54, 1.807) is 0 Å². The first kappa shape index (κ1) is 16.3. The zero-order valence-corrected chi connectivity index (χ0v) is 13.5. The lowest BCUT2D eigenvalue weighted by atomic mass is 9.95. The summed E-state index contributed by atoms with van der Waals surface area (Å²) in [7, 11) is 0. The van der Waals surface area contributed by atoms with Crippen molar-refractivity contribution < 1.29 is 14.6 Å². The normalized spacial score (nSPS) is 19.8. The Bertz CT molecular complexity index is 541. The maximum atomic E-state index is 11.4. The van der Waals surface area contributed by atoms with Crippen molar-refractivity contribution in [3.8, 4) is 5.75 Å². The summed E-state index contributed by atoms with van der Waals surface area (Å²) in [6.45, 7) is 0.834. The number of carbonyl (C=O) groups excluding carboxylic acids is 1. The van der Waals surface area contributed by atoms with E-state index >= 15 is 0 Å². The lowest BCUT2D eigenvalue weighted by molar-refractivity contribution is -0.116. The Morgan fingerprint density at radius 2 is 2.09 bits per heavy atom. The number of carbonyl (C=O) groups is 1. The molecule has 126 valence electrons. The second kappa shape index (κ2) is 7.79. The topological polar surface area (TPSA) is 70.6 Å². The van der Waals surface area contributed by atoms with Gasteiger partial charge in [0.25, 0.3) is 0 Å². The van der Waals surface area contributed by atoms with Crippen LogP contribution >= 0.6 is 0 Å². The number of hydrogen-bond acceptors (Lipinski definition) is 4. The average Bonchev–Trinajstić information content (AvgIpc) is 2.58. The number of benzene rings is 1. The second-order valence-electron chi connectivity index (χ2n) is 6.54. The number of aliphatic hydroxyl groups is 1. The monoisotopic (exact) mass is 318 g/mol. The number of anilines is 1. The maximum Gasteiger partial charge on any atom is 0.224 e. The molecule has 0 spiro atoms. The molecule has 5 heteroatoms. The molecule has 0 aromatic heterocycles. The SMILES string of the molecule is O=C1CCc2c(cccc2OCC(O)CNC2CCCCC2)N1. The number of nitrogens with one attached hydrogen (secondary N) is 2. The van der Waals surface area contributed by atoms with Crippen LogP contribution in [0.3, 0.4) is 0 Å². The highest BCUT2D eigenvalue weighted by Crippen LogP contribution is 2.31. The van der Waals surface area contributed by atoms with Gasteiger partial charge in [0.1, 0.15) is 18.5 Å². The maximum absolute atomic E-state index is 11.4.